The van der Waals surface area contributed by atoms with Crippen LogP contribution in [0.3, 0.4) is 0 Å². The molecule has 0 amide bonds. The summed E-state index contributed by atoms with van der Waals surface area (Å²) in [6.45, 7) is 83.2. The standard InChI is InChI=1S/C48H102Si12/c1-47(2,3)39-31-35-41(36-32-39)59(43(51(7,8)9)52(10,11)12,44(53(13,14)15)54(16,17)18)49-50-60(45(55(19,20)21)56(22,23)24,46(57(25,26)27)58(28,29)30)42-37-33-40(34-38-42)48(4,5)6/h31-38,43-46H,1-30H3. The molecule has 0 aliphatic heterocycles. The van der Waals surface area contributed by atoms with Crippen molar-refractivity contribution in [3.63, 3.8) is 0 Å². The van der Waals surface area contributed by atoms with Crippen molar-refractivity contribution >= 4 is 106 Å². The van der Waals surface area contributed by atoms with Crippen LogP contribution in [0.4, 0.5) is 0 Å². The lowest BCUT2D eigenvalue weighted by atomic mass is 9.87. The largest absolute Gasteiger partial charge is 0.125 e. The van der Waals surface area contributed by atoms with Crippen molar-refractivity contribution in [2.24, 2.45) is 0 Å². The predicted molar refractivity (Wildman–Crippen MR) is 314 cm³/mol. The second-order valence-electron chi connectivity index (χ2n) is 30.3. The highest BCUT2D eigenvalue weighted by Gasteiger charge is 2.65. The Morgan fingerprint density at radius 1 is 0.283 bits per heavy atom. The van der Waals surface area contributed by atoms with Crippen LogP contribution in [0.2, 0.25) is 176 Å². The van der Waals surface area contributed by atoms with Crippen molar-refractivity contribution in [1.82, 2.24) is 0 Å². The Labute approximate surface area is 391 Å². The molecule has 2 aromatic rings. The van der Waals surface area contributed by atoms with Crippen LogP contribution in [0.15, 0.2) is 48.5 Å². The van der Waals surface area contributed by atoms with Gasteiger partial charge in [0.05, 0.1) is 0 Å². The van der Waals surface area contributed by atoms with Gasteiger partial charge in [-0.25, -0.2) is 0 Å². The molecular weight excluding hydrogens is 914 g/mol. The molecule has 0 saturated heterocycles. The first-order valence-corrected chi connectivity index (χ1v) is 61.8. The Morgan fingerprint density at radius 3 is 0.550 bits per heavy atom. The third kappa shape index (κ3) is 12.9. The summed E-state index contributed by atoms with van der Waals surface area (Å²) in [7, 11) is -15.8. The molecule has 0 aromatic heterocycles. The Morgan fingerprint density at radius 2 is 0.433 bits per heavy atom. The van der Waals surface area contributed by atoms with Crippen molar-refractivity contribution in [2.75, 3.05) is 0 Å². The molecule has 342 valence electrons. The van der Waals surface area contributed by atoms with Crippen LogP contribution in [-0.2, 0) is 10.8 Å². The van der Waals surface area contributed by atoms with E-state index in [9.17, 15) is 0 Å². The van der Waals surface area contributed by atoms with E-state index in [0.29, 0.717) is 0 Å². The van der Waals surface area contributed by atoms with Gasteiger partial charge in [0.25, 0.3) is 0 Å². The smallest absolute Gasteiger partial charge is 0.0729 e. The van der Waals surface area contributed by atoms with E-state index in [1.165, 1.54) is 11.1 Å². The number of benzene rings is 2. The molecular formula is C48H102Si12. The summed E-state index contributed by atoms with van der Waals surface area (Å²) >= 11 is 0. The maximum Gasteiger partial charge on any atom is 0.125 e. The molecule has 0 spiro atoms. The van der Waals surface area contributed by atoms with Crippen LogP contribution >= 0.6 is 0 Å². The highest BCUT2D eigenvalue weighted by Crippen LogP contribution is 2.53. The topological polar surface area (TPSA) is 0 Å². The van der Waals surface area contributed by atoms with E-state index >= 15 is 0 Å². The van der Waals surface area contributed by atoms with Crippen molar-refractivity contribution < 1.29 is 0 Å². The van der Waals surface area contributed by atoms with Crippen molar-refractivity contribution in [3.05, 3.63) is 59.7 Å². The van der Waals surface area contributed by atoms with Crippen LogP contribution < -0.4 is 10.4 Å². The monoisotopic (exact) mass is 1010 g/mol. The van der Waals surface area contributed by atoms with Gasteiger partial charge in [0, 0.05) is 64.6 Å². The molecule has 2 rings (SSSR count). The third-order valence-electron chi connectivity index (χ3n) is 13.7. The lowest BCUT2D eigenvalue weighted by molar-refractivity contribution is 0.590. The lowest BCUT2D eigenvalue weighted by Gasteiger charge is -2.60. The SMILES string of the molecule is CC(C)(C)c1ccc([Si]([Si]#[Si][Si](c2ccc(C(C)(C)C)cc2)(C([Si](C)(C)C)[Si](C)(C)C)C([Si](C)(C)C)[Si](C)(C)C)(C([Si](C)(C)C)[Si](C)(C)C)C([Si](C)(C)C)[Si](C)(C)C)cc1. The summed E-state index contributed by atoms with van der Waals surface area (Å²) < 4.78 is 0. The van der Waals surface area contributed by atoms with Crippen LogP contribution in [0.25, 0.3) is 0 Å². The minimum atomic E-state index is -2.28. The molecule has 0 saturated carbocycles. The normalized spacial score (nSPS) is 15.3. The molecule has 0 N–H and O–H groups in total. The predicted octanol–water partition coefficient (Wildman–Crippen LogP) is 15.1. The first kappa shape index (κ1) is 57.2. The summed E-state index contributed by atoms with van der Waals surface area (Å²) in [5.74, 6) is 0. The van der Waals surface area contributed by atoms with E-state index < -0.39 is 79.8 Å². The molecule has 60 heavy (non-hydrogen) atoms. The maximum atomic E-state index is 2.86. The van der Waals surface area contributed by atoms with Gasteiger partial charge in [0.1, 0.15) is 15.2 Å². The summed E-state index contributed by atoms with van der Waals surface area (Å²) in [5, 5.41) is 3.82. The Bertz CT molecular complexity index is 1550. The molecule has 0 heterocycles. The maximum absolute atomic E-state index is 2.86. The zero-order chi connectivity index (χ0) is 47.7. The molecule has 0 aliphatic carbocycles. The first-order chi connectivity index (χ1) is 26.1. The van der Waals surface area contributed by atoms with Crippen molar-refractivity contribution in [2.45, 2.75) is 229 Å². The van der Waals surface area contributed by atoms with Gasteiger partial charge in [-0.05, 0) is 41.1 Å². The molecule has 0 aliphatic rings. The van der Waals surface area contributed by atoms with Crippen LogP contribution in [0.5, 0.6) is 0 Å². The fourth-order valence-corrected chi connectivity index (χ4v) is 191. The zero-order valence-corrected chi connectivity index (χ0v) is 57.9. The van der Waals surface area contributed by atoms with Gasteiger partial charge >= 0.3 is 0 Å². The number of rotatable bonds is 14. The average molecular weight is 1020 g/mol. The fourth-order valence-electron chi connectivity index (χ4n) is 14.8. The van der Waals surface area contributed by atoms with Crippen molar-refractivity contribution in [1.29, 1.82) is 0 Å². The lowest BCUT2D eigenvalue weighted by Crippen LogP contribution is -2.78. The Kier molecular flexibility index (Phi) is 17.4. The molecule has 0 atom stereocenters. The Balaban J connectivity index is 3.92. The number of hydrogen-bond donors (Lipinski definition) is 0. The second kappa shape index (κ2) is 18.3. The van der Waals surface area contributed by atoms with Gasteiger partial charge in [-0.3, -0.25) is 0 Å². The van der Waals surface area contributed by atoms with Gasteiger partial charge in [-0.2, -0.15) is 0 Å². The van der Waals surface area contributed by atoms with Gasteiger partial charge < -0.3 is 0 Å². The Hall–Kier alpha value is 1.04. The quantitative estimate of drug-likeness (QED) is 0.165. The fraction of sp³-hybridized carbons (Fsp3) is 0.750. The van der Waals surface area contributed by atoms with E-state index in [1.54, 1.807) is 0 Å². The third-order valence-corrected chi connectivity index (χ3v) is 114. The minimum Gasteiger partial charge on any atom is -0.0729 e. The molecule has 0 nitrogen and oxygen atoms in total. The molecule has 12 heteroatoms. The zero-order valence-electron chi connectivity index (χ0n) is 45.9. The van der Waals surface area contributed by atoms with E-state index in [2.05, 4.69) is 247 Å². The van der Waals surface area contributed by atoms with Crippen LogP contribution in [-0.4, -0.2) is 95.6 Å². The minimum absolute atomic E-state index is 0.158. The summed E-state index contributed by atoms with van der Waals surface area (Å²) in [6.07, 6.45) is 0. The van der Waals surface area contributed by atoms with E-state index in [-0.39, 0.29) is 10.8 Å². The highest BCUT2D eigenvalue weighted by atomic mass is 29.5. The van der Waals surface area contributed by atoms with Crippen LogP contribution in [0.1, 0.15) is 52.7 Å². The van der Waals surface area contributed by atoms with Gasteiger partial charge in [0.2, 0.25) is 0 Å². The van der Waals surface area contributed by atoms with Crippen molar-refractivity contribution in [3.8, 4) is 0 Å². The average Bonchev–Trinajstić information content (AvgIpc) is 2.93. The molecule has 0 fully saturated rings. The van der Waals surface area contributed by atoms with E-state index in [4.69, 9.17) is 0 Å². The van der Waals surface area contributed by atoms with Gasteiger partial charge in [0.15, 0.2) is 0 Å². The highest BCUT2D eigenvalue weighted by molar-refractivity contribution is 7.55. The molecule has 0 radical (unpaired) electrons. The second-order valence-corrected chi connectivity index (χ2v) is 98.1. The summed E-state index contributed by atoms with van der Waals surface area (Å²) in [6, 6.07) is 21.9. The molecule has 0 bridgehead atoms. The molecule has 0 unspecified atom stereocenters. The van der Waals surface area contributed by atoms with Gasteiger partial charge in [-0.1, -0.05) is 273 Å². The first-order valence-electron chi connectivity index (χ1n) is 23.9. The number of hydrogen-bond acceptors (Lipinski definition) is 0. The summed E-state index contributed by atoms with van der Waals surface area (Å²) in [4.78, 5) is 3.77. The van der Waals surface area contributed by atoms with E-state index in [1.807, 2.05) is 10.4 Å². The van der Waals surface area contributed by atoms with Crippen LogP contribution in [0, 0.1) is 0 Å². The van der Waals surface area contributed by atoms with E-state index in [0.717, 1.165) is 35.0 Å². The van der Waals surface area contributed by atoms with Gasteiger partial charge in [-0.15, -0.1) is 0 Å². The molecule has 2 aromatic carbocycles. The summed E-state index contributed by atoms with van der Waals surface area (Å²) in [5.41, 5.74) is 3.36.